The molecular formula is C12H24ClNO. The minimum Gasteiger partial charge on any atom is -0.392 e. The second-order valence-corrected chi connectivity index (χ2v) is 5.12. The molecule has 0 amide bonds. The van der Waals surface area contributed by atoms with Gasteiger partial charge in [-0.25, -0.2) is 0 Å². The van der Waals surface area contributed by atoms with Crippen LogP contribution in [0.1, 0.15) is 39.0 Å². The summed E-state index contributed by atoms with van der Waals surface area (Å²) in [6.45, 7) is 5.32. The second-order valence-electron chi connectivity index (χ2n) is 4.74. The first-order valence-electron chi connectivity index (χ1n) is 6.20. The molecule has 1 fully saturated rings. The van der Waals surface area contributed by atoms with Crippen molar-refractivity contribution in [3.8, 4) is 0 Å². The van der Waals surface area contributed by atoms with Crippen molar-refractivity contribution in [2.45, 2.75) is 45.1 Å². The predicted molar refractivity (Wildman–Crippen MR) is 65.4 cm³/mol. The van der Waals surface area contributed by atoms with Gasteiger partial charge < -0.3 is 10.0 Å². The standard InChI is InChI=1S/C12H24ClNO/c1-11-6-9-14(10-12(11)15)8-5-3-2-4-7-13/h11-12,15H,2-10H2,1H3. The Balaban J connectivity index is 2.02. The summed E-state index contributed by atoms with van der Waals surface area (Å²) in [5.74, 6) is 1.28. The van der Waals surface area contributed by atoms with Gasteiger partial charge in [-0.15, -0.1) is 11.6 Å². The molecule has 0 aromatic rings. The number of aliphatic hydroxyl groups excluding tert-OH is 1. The third-order valence-electron chi connectivity index (χ3n) is 3.36. The molecule has 0 saturated carbocycles. The van der Waals surface area contributed by atoms with E-state index in [0.29, 0.717) is 5.92 Å². The first-order chi connectivity index (χ1) is 7.24. The number of alkyl halides is 1. The molecule has 90 valence electrons. The van der Waals surface area contributed by atoms with Crippen LogP contribution in [-0.2, 0) is 0 Å². The summed E-state index contributed by atoms with van der Waals surface area (Å²) in [6, 6.07) is 0. The molecule has 2 atom stereocenters. The lowest BCUT2D eigenvalue weighted by Gasteiger charge is -2.34. The van der Waals surface area contributed by atoms with Crippen LogP contribution in [0.2, 0.25) is 0 Å². The minimum absolute atomic E-state index is 0.110. The molecule has 0 radical (unpaired) electrons. The predicted octanol–water partition coefficient (Wildman–Crippen LogP) is 2.49. The van der Waals surface area contributed by atoms with Crippen LogP contribution in [0.25, 0.3) is 0 Å². The maximum Gasteiger partial charge on any atom is 0.0693 e. The summed E-state index contributed by atoms with van der Waals surface area (Å²) in [5.41, 5.74) is 0. The highest BCUT2D eigenvalue weighted by atomic mass is 35.5. The highest BCUT2D eigenvalue weighted by Crippen LogP contribution is 2.17. The van der Waals surface area contributed by atoms with Gasteiger partial charge in [0.25, 0.3) is 0 Å². The Morgan fingerprint density at radius 1 is 1.27 bits per heavy atom. The van der Waals surface area contributed by atoms with Crippen LogP contribution < -0.4 is 0 Å². The van der Waals surface area contributed by atoms with E-state index < -0.39 is 0 Å². The summed E-state index contributed by atoms with van der Waals surface area (Å²) in [5, 5.41) is 9.73. The molecule has 3 heteroatoms. The van der Waals surface area contributed by atoms with Gasteiger partial charge in [-0.05, 0) is 38.3 Å². The molecule has 2 unspecified atom stereocenters. The summed E-state index contributed by atoms with van der Waals surface area (Å²) >= 11 is 5.62. The minimum atomic E-state index is -0.110. The monoisotopic (exact) mass is 233 g/mol. The quantitative estimate of drug-likeness (QED) is 0.563. The molecule has 0 bridgehead atoms. The molecule has 2 nitrogen and oxygen atoms in total. The fraction of sp³-hybridized carbons (Fsp3) is 1.00. The molecule has 1 N–H and O–H groups in total. The van der Waals surface area contributed by atoms with Crippen LogP contribution in [-0.4, -0.2) is 41.6 Å². The van der Waals surface area contributed by atoms with Gasteiger partial charge in [0.15, 0.2) is 0 Å². The Morgan fingerprint density at radius 2 is 2.00 bits per heavy atom. The summed E-state index contributed by atoms with van der Waals surface area (Å²) in [6.07, 6.45) is 5.94. The van der Waals surface area contributed by atoms with Gasteiger partial charge in [0.1, 0.15) is 0 Å². The van der Waals surface area contributed by atoms with Gasteiger partial charge in [-0.3, -0.25) is 0 Å². The third-order valence-corrected chi connectivity index (χ3v) is 3.63. The number of aliphatic hydroxyl groups is 1. The first kappa shape index (κ1) is 13.3. The van der Waals surface area contributed by atoms with Gasteiger partial charge in [-0.2, -0.15) is 0 Å². The average Bonchev–Trinajstić information content (AvgIpc) is 2.23. The maximum atomic E-state index is 9.73. The van der Waals surface area contributed by atoms with E-state index in [1.165, 1.54) is 19.3 Å². The topological polar surface area (TPSA) is 23.5 Å². The molecule has 1 aliphatic rings. The van der Waals surface area contributed by atoms with Gasteiger partial charge in [0, 0.05) is 12.4 Å². The van der Waals surface area contributed by atoms with E-state index in [2.05, 4.69) is 11.8 Å². The zero-order valence-corrected chi connectivity index (χ0v) is 10.5. The fourth-order valence-corrected chi connectivity index (χ4v) is 2.29. The molecule has 0 aromatic heterocycles. The number of nitrogens with zero attached hydrogens (tertiary/aromatic N) is 1. The van der Waals surface area contributed by atoms with Crippen molar-refractivity contribution in [1.82, 2.24) is 4.90 Å². The Bertz CT molecular complexity index is 166. The lowest BCUT2D eigenvalue weighted by atomic mass is 9.96. The van der Waals surface area contributed by atoms with E-state index >= 15 is 0 Å². The second kappa shape index (κ2) is 7.48. The van der Waals surface area contributed by atoms with Crippen LogP contribution in [0.5, 0.6) is 0 Å². The lowest BCUT2D eigenvalue weighted by Crippen LogP contribution is -2.43. The number of rotatable bonds is 6. The Hall–Kier alpha value is 0.210. The van der Waals surface area contributed by atoms with Crippen molar-refractivity contribution in [1.29, 1.82) is 0 Å². The van der Waals surface area contributed by atoms with Crippen molar-refractivity contribution in [3.05, 3.63) is 0 Å². The zero-order valence-electron chi connectivity index (χ0n) is 9.79. The van der Waals surface area contributed by atoms with Crippen molar-refractivity contribution < 1.29 is 5.11 Å². The Labute approximate surface area is 98.6 Å². The average molecular weight is 234 g/mol. The largest absolute Gasteiger partial charge is 0.392 e. The lowest BCUT2D eigenvalue weighted by molar-refractivity contribution is 0.0286. The van der Waals surface area contributed by atoms with Gasteiger partial charge in [-0.1, -0.05) is 19.8 Å². The van der Waals surface area contributed by atoms with Crippen molar-refractivity contribution in [2.24, 2.45) is 5.92 Å². The number of hydrogen-bond donors (Lipinski definition) is 1. The van der Waals surface area contributed by atoms with Crippen molar-refractivity contribution in [3.63, 3.8) is 0 Å². The highest BCUT2D eigenvalue weighted by Gasteiger charge is 2.23. The van der Waals surface area contributed by atoms with Crippen molar-refractivity contribution in [2.75, 3.05) is 25.5 Å². The van der Waals surface area contributed by atoms with E-state index in [-0.39, 0.29) is 6.10 Å². The number of hydrogen-bond acceptors (Lipinski definition) is 2. The van der Waals surface area contributed by atoms with Crippen LogP contribution in [0, 0.1) is 5.92 Å². The Morgan fingerprint density at radius 3 is 2.67 bits per heavy atom. The molecule has 1 aliphatic heterocycles. The normalized spacial score (nSPS) is 28.2. The molecule has 0 aliphatic carbocycles. The number of likely N-dealkylation sites (tertiary alicyclic amines) is 1. The summed E-state index contributed by atoms with van der Waals surface area (Å²) < 4.78 is 0. The van der Waals surface area contributed by atoms with Crippen LogP contribution in [0.4, 0.5) is 0 Å². The molecule has 1 heterocycles. The highest BCUT2D eigenvalue weighted by molar-refractivity contribution is 6.17. The van der Waals surface area contributed by atoms with E-state index in [1.807, 2.05) is 0 Å². The SMILES string of the molecule is CC1CCN(CCCCCCCl)CC1O. The van der Waals surface area contributed by atoms with E-state index in [9.17, 15) is 5.11 Å². The first-order valence-corrected chi connectivity index (χ1v) is 6.74. The Kier molecular flexibility index (Phi) is 6.62. The zero-order chi connectivity index (χ0) is 11.1. The molecule has 15 heavy (non-hydrogen) atoms. The molecule has 1 saturated heterocycles. The van der Waals surface area contributed by atoms with Crippen LogP contribution in [0.3, 0.4) is 0 Å². The number of piperidine rings is 1. The van der Waals surface area contributed by atoms with Crippen LogP contribution >= 0.6 is 11.6 Å². The van der Waals surface area contributed by atoms with Crippen molar-refractivity contribution >= 4 is 11.6 Å². The molecule has 1 rings (SSSR count). The summed E-state index contributed by atoms with van der Waals surface area (Å²) in [7, 11) is 0. The number of β-amino-alcohol motifs (C(OH)–C–C–N with tert-alkyl or cyclic N) is 1. The van der Waals surface area contributed by atoms with Gasteiger partial charge in [0.2, 0.25) is 0 Å². The number of unbranched alkanes of at least 4 members (excludes halogenated alkanes) is 3. The van der Waals surface area contributed by atoms with Gasteiger partial charge >= 0.3 is 0 Å². The van der Waals surface area contributed by atoms with Gasteiger partial charge in [0.05, 0.1) is 6.10 Å². The maximum absolute atomic E-state index is 9.73. The summed E-state index contributed by atoms with van der Waals surface area (Å²) in [4.78, 5) is 2.39. The third kappa shape index (κ3) is 5.19. The van der Waals surface area contributed by atoms with Crippen LogP contribution in [0.15, 0.2) is 0 Å². The smallest absolute Gasteiger partial charge is 0.0693 e. The molecule has 0 aromatic carbocycles. The van der Waals surface area contributed by atoms with E-state index in [1.54, 1.807) is 0 Å². The van der Waals surface area contributed by atoms with E-state index in [0.717, 1.165) is 38.4 Å². The fourth-order valence-electron chi connectivity index (χ4n) is 2.10. The van der Waals surface area contributed by atoms with E-state index in [4.69, 9.17) is 11.6 Å². The molecule has 0 spiro atoms. The molecular weight excluding hydrogens is 210 g/mol. The number of halogens is 1.